The Balaban J connectivity index is 1.65. The molecule has 7 nitrogen and oxygen atoms in total. The molecule has 3 heterocycles. The fraction of sp³-hybridized carbons (Fsp3) is 0.312. The number of hydrogen-bond acceptors (Lipinski definition) is 6. The third kappa shape index (κ3) is 3.33. The van der Waals surface area contributed by atoms with E-state index in [9.17, 15) is 9.59 Å². The molecule has 2 aromatic rings. The zero-order chi connectivity index (χ0) is 16.2. The number of likely N-dealkylation sites (tertiary alicyclic amines) is 1. The number of amides is 1. The number of ether oxygens (including phenoxy) is 2. The van der Waals surface area contributed by atoms with Gasteiger partial charge in [-0.2, -0.15) is 0 Å². The standard InChI is InChI=1S/C16H16N2O5/c1-21-15-10-22-14(8-13(15)19)16(20)18-7-4-12(9-18)23-11-2-5-17-6-3-11/h2-3,5-6,8,10,12H,4,7,9H2,1H3/t12-/m1/s1. The first-order valence-electron chi connectivity index (χ1n) is 7.20. The minimum absolute atomic E-state index is 0.000334. The van der Waals surface area contributed by atoms with Crippen LogP contribution in [0.15, 0.2) is 46.1 Å². The van der Waals surface area contributed by atoms with Crippen molar-refractivity contribution < 1.29 is 18.7 Å². The number of methoxy groups -OCH3 is 1. The number of carbonyl (C=O) groups is 1. The normalized spacial score (nSPS) is 17.1. The molecule has 0 bridgehead atoms. The largest absolute Gasteiger partial charge is 0.490 e. The molecule has 1 saturated heterocycles. The molecule has 3 rings (SSSR count). The Morgan fingerprint density at radius 1 is 1.39 bits per heavy atom. The summed E-state index contributed by atoms with van der Waals surface area (Å²) in [7, 11) is 1.37. The van der Waals surface area contributed by atoms with Crippen molar-refractivity contribution in [3.63, 3.8) is 0 Å². The molecule has 1 atom stereocenters. The van der Waals surface area contributed by atoms with Crippen molar-refractivity contribution in [2.24, 2.45) is 0 Å². The lowest BCUT2D eigenvalue weighted by Crippen LogP contribution is -2.31. The number of carbonyl (C=O) groups excluding carboxylic acids is 1. The summed E-state index contributed by atoms with van der Waals surface area (Å²) in [6.07, 6.45) is 5.08. The lowest BCUT2D eigenvalue weighted by Gasteiger charge is -2.16. The minimum atomic E-state index is -0.383. The summed E-state index contributed by atoms with van der Waals surface area (Å²) in [4.78, 5) is 29.6. The summed E-state index contributed by atoms with van der Waals surface area (Å²) >= 11 is 0. The summed E-state index contributed by atoms with van der Waals surface area (Å²) in [5, 5.41) is 0. The third-order valence-corrected chi connectivity index (χ3v) is 3.61. The van der Waals surface area contributed by atoms with Gasteiger partial charge < -0.3 is 18.8 Å². The molecule has 0 spiro atoms. The molecule has 1 aliphatic heterocycles. The maximum absolute atomic E-state index is 12.4. The summed E-state index contributed by atoms with van der Waals surface area (Å²) in [5.41, 5.74) is -0.383. The minimum Gasteiger partial charge on any atom is -0.490 e. The monoisotopic (exact) mass is 316 g/mol. The molecule has 0 unspecified atom stereocenters. The van der Waals surface area contributed by atoms with Gasteiger partial charge in [0, 0.05) is 31.4 Å². The molecule has 23 heavy (non-hydrogen) atoms. The highest BCUT2D eigenvalue weighted by atomic mass is 16.5. The zero-order valence-corrected chi connectivity index (χ0v) is 12.6. The van der Waals surface area contributed by atoms with Crippen molar-refractivity contribution in [1.29, 1.82) is 0 Å². The SMILES string of the molecule is COc1coc(C(=O)N2CC[C@@H](Oc3ccncc3)C2)cc1=O. The number of nitrogens with zero attached hydrogens (tertiary/aromatic N) is 2. The first-order chi connectivity index (χ1) is 11.2. The Kier molecular flexibility index (Phi) is 4.27. The van der Waals surface area contributed by atoms with E-state index in [1.165, 1.54) is 7.11 Å². The van der Waals surface area contributed by atoms with Gasteiger partial charge in [-0.25, -0.2) is 0 Å². The number of rotatable bonds is 4. The van der Waals surface area contributed by atoms with Gasteiger partial charge in [0.05, 0.1) is 13.7 Å². The predicted octanol–water partition coefficient (Wildman–Crippen LogP) is 1.34. The van der Waals surface area contributed by atoms with Crippen molar-refractivity contribution in [2.45, 2.75) is 12.5 Å². The zero-order valence-electron chi connectivity index (χ0n) is 12.6. The van der Waals surface area contributed by atoms with E-state index in [4.69, 9.17) is 13.9 Å². The Hall–Kier alpha value is -2.83. The maximum Gasteiger partial charge on any atom is 0.289 e. The lowest BCUT2D eigenvalue weighted by molar-refractivity contribution is 0.0737. The molecule has 1 aliphatic rings. The summed E-state index contributed by atoms with van der Waals surface area (Å²) in [6.45, 7) is 0.987. The number of pyridine rings is 1. The van der Waals surface area contributed by atoms with E-state index >= 15 is 0 Å². The predicted molar refractivity (Wildman–Crippen MR) is 80.7 cm³/mol. The van der Waals surface area contributed by atoms with Gasteiger partial charge in [0.15, 0.2) is 5.76 Å². The molecule has 2 aromatic heterocycles. The lowest BCUT2D eigenvalue weighted by atomic mass is 10.3. The maximum atomic E-state index is 12.4. The van der Waals surface area contributed by atoms with Crippen molar-refractivity contribution >= 4 is 5.91 Å². The smallest absolute Gasteiger partial charge is 0.289 e. The first-order valence-corrected chi connectivity index (χ1v) is 7.20. The average molecular weight is 316 g/mol. The van der Waals surface area contributed by atoms with Crippen LogP contribution in [-0.2, 0) is 0 Å². The van der Waals surface area contributed by atoms with E-state index in [1.54, 1.807) is 29.4 Å². The van der Waals surface area contributed by atoms with E-state index in [0.717, 1.165) is 18.1 Å². The number of hydrogen-bond donors (Lipinski definition) is 0. The Labute approximate surface area is 132 Å². The average Bonchev–Trinajstić information content (AvgIpc) is 3.03. The summed E-state index contributed by atoms with van der Waals surface area (Å²) in [5.74, 6) is 0.461. The summed E-state index contributed by atoms with van der Waals surface area (Å²) in [6, 6.07) is 4.69. The van der Waals surface area contributed by atoms with Gasteiger partial charge in [-0.15, -0.1) is 0 Å². The number of aromatic nitrogens is 1. The second-order valence-electron chi connectivity index (χ2n) is 5.14. The van der Waals surface area contributed by atoms with Crippen LogP contribution < -0.4 is 14.9 Å². The van der Waals surface area contributed by atoms with Gasteiger partial charge >= 0.3 is 0 Å². The molecular formula is C16H16N2O5. The first kappa shape index (κ1) is 15.1. The van der Waals surface area contributed by atoms with Gasteiger partial charge in [0.1, 0.15) is 18.1 Å². The molecule has 0 aliphatic carbocycles. The van der Waals surface area contributed by atoms with Gasteiger partial charge in [0.2, 0.25) is 11.2 Å². The van der Waals surface area contributed by atoms with Crippen LogP contribution in [0.5, 0.6) is 11.5 Å². The molecule has 7 heteroatoms. The molecule has 120 valence electrons. The van der Waals surface area contributed by atoms with Crippen LogP contribution in [0.2, 0.25) is 0 Å². The topological polar surface area (TPSA) is 81.9 Å². The Morgan fingerprint density at radius 2 is 2.17 bits per heavy atom. The van der Waals surface area contributed by atoms with Crippen molar-refractivity contribution in [1.82, 2.24) is 9.88 Å². The van der Waals surface area contributed by atoms with E-state index in [1.807, 2.05) is 0 Å². The Bertz CT molecular complexity index is 744. The van der Waals surface area contributed by atoms with E-state index in [-0.39, 0.29) is 28.9 Å². The summed E-state index contributed by atoms with van der Waals surface area (Å²) < 4.78 is 15.8. The highest BCUT2D eigenvalue weighted by Crippen LogP contribution is 2.19. The van der Waals surface area contributed by atoms with Gasteiger partial charge in [-0.3, -0.25) is 14.6 Å². The van der Waals surface area contributed by atoms with Crippen molar-refractivity contribution in [2.75, 3.05) is 20.2 Å². The van der Waals surface area contributed by atoms with Crippen LogP contribution in [0.25, 0.3) is 0 Å². The molecule has 1 amide bonds. The molecule has 0 N–H and O–H groups in total. The van der Waals surface area contributed by atoms with Crippen LogP contribution in [-0.4, -0.2) is 42.1 Å². The van der Waals surface area contributed by atoms with Gasteiger partial charge in [-0.1, -0.05) is 0 Å². The van der Waals surface area contributed by atoms with Crippen LogP contribution >= 0.6 is 0 Å². The third-order valence-electron chi connectivity index (χ3n) is 3.61. The molecule has 1 fully saturated rings. The van der Waals surface area contributed by atoms with Gasteiger partial charge in [0.25, 0.3) is 5.91 Å². The van der Waals surface area contributed by atoms with E-state index in [2.05, 4.69) is 4.98 Å². The second kappa shape index (κ2) is 6.51. The van der Waals surface area contributed by atoms with Crippen LogP contribution in [0.3, 0.4) is 0 Å². The highest BCUT2D eigenvalue weighted by Gasteiger charge is 2.29. The quantitative estimate of drug-likeness (QED) is 0.846. The van der Waals surface area contributed by atoms with Crippen molar-refractivity contribution in [3.8, 4) is 11.5 Å². The molecule has 0 aromatic carbocycles. The van der Waals surface area contributed by atoms with Gasteiger partial charge in [-0.05, 0) is 12.1 Å². The molecular weight excluding hydrogens is 300 g/mol. The van der Waals surface area contributed by atoms with Crippen LogP contribution in [0, 0.1) is 0 Å². The Morgan fingerprint density at radius 3 is 2.87 bits per heavy atom. The molecule has 0 saturated carbocycles. The fourth-order valence-corrected chi connectivity index (χ4v) is 2.43. The molecule has 0 radical (unpaired) electrons. The highest BCUT2D eigenvalue weighted by molar-refractivity contribution is 5.91. The second-order valence-corrected chi connectivity index (χ2v) is 5.14. The van der Waals surface area contributed by atoms with Crippen LogP contribution in [0.4, 0.5) is 0 Å². The van der Waals surface area contributed by atoms with Crippen LogP contribution in [0.1, 0.15) is 17.0 Å². The fourth-order valence-electron chi connectivity index (χ4n) is 2.43. The van der Waals surface area contributed by atoms with E-state index < -0.39 is 0 Å². The van der Waals surface area contributed by atoms with E-state index in [0.29, 0.717) is 19.5 Å². The van der Waals surface area contributed by atoms with Crippen molar-refractivity contribution in [3.05, 3.63) is 52.8 Å².